The van der Waals surface area contributed by atoms with Crippen LogP contribution < -0.4 is 5.32 Å². The number of hydrogen-bond acceptors (Lipinski definition) is 2. The molecule has 0 aliphatic carbocycles. The summed E-state index contributed by atoms with van der Waals surface area (Å²) < 4.78 is 19.0. The molecule has 0 radical (unpaired) electrons. The molecule has 1 rings (SSSR count). The first-order valence-electron chi connectivity index (χ1n) is 4.92. The zero-order valence-electron chi connectivity index (χ0n) is 8.72. The molecule has 2 nitrogen and oxygen atoms in total. The fraction of sp³-hybridized carbons (Fsp3) is 0.455. The number of methoxy groups -OCH3 is 1. The van der Waals surface area contributed by atoms with E-state index >= 15 is 0 Å². The van der Waals surface area contributed by atoms with E-state index in [0.29, 0.717) is 5.69 Å². The molecule has 0 aliphatic rings. The third-order valence-corrected chi connectivity index (χ3v) is 2.51. The smallest absolute Gasteiger partial charge is 0.146 e. The largest absolute Gasteiger partial charge is 0.385 e. The molecular formula is C11H15BrFNO. The minimum Gasteiger partial charge on any atom is -0.385 e. The van der Waals surface area contributed by atoms with Crippen molar-refractivity contribution in [1.82, 2.24) is 0 Å². The van der Waals surface area contributed by atoms with Crippen LogP contribution in [0.1, 0.15) is 12.8 Å². The highest BCUT2D eigenvalue weighted by Gasteiger charge is 2.01. The second-order valence-electron chi connectivity index (χ2n) is 3.25. The Morgan fingerprint density at radius 3 is 2.93 bits per heavy atom. The van der Waals surface area contributed by atoms with Gasteiger partial charge in [0.25, 0.3) is 0 Å². The van der Waals surface area contributed by atoms with Crippen molar-refractivity contribution in [3.63, 3.8) is 0 Å². The Labute approximate surface area is 98.0 Å². The molecule has 0 saturated carbocycles. The molecular weight excluding hydrogens is 261 g/mol. The van der Waals surface area contributed by atoms with E-state index in [9.17, 15) is 4.39 Å². The quantitative estimate of drug-likeness (QED) is 0.804. The Bertz CT molecular complexity index is 307. The molecule has 0 unspecified atom stereocenters. The molecule has 0 heterocycles. The Morgan fingerprint density at radius 2 is 2.20 bits per heavy atom. The maximum atomic E-state index is 13.2. The molecule has 4 heteroatoms. The minimum atomic E-state index is -0.218. The van der Waals surface area contributed by atoms with Gasteiger partial charge in [0.05, 0.1) is 5.69 Å². The van der Waals surface area contributed by atoms with Gasteiger partial charge in [-0.15, -0.1) is 0 Å². The van der Waals surface area contributed by atoms with Crippen molar-refractivity contribution in [2.45, 2.75) is 12.8 Å². The van der Waals surface area contributed by atoms with Gasteiger partial charge in [0.15, 0.2) is 0 Å². The maximum Gasteiger partial charge on any atom is 0.146 e. The summed E-state index contributed by atoms with van der Waals surface area (Å²) >= 11 is 3.30. The summed E-state index contributed by atoms with van der Waals surface area (Å²) in [5, 5.41) is 3.05. The van der Waals surface area contributed by atoms with Crippen molar-refractivity contribution in [1.29, 1.82) is 0 Å². The first kappa shape index (κ1) is 12.5. The molecule has 15 heavy (non-hydrogen) atoms. The molecule has 0 aromatic heterocycles. The third-order valence-electron chi connectivity index (χ3n) is 2.02. The SMILES string of the molecule is COCCCCNc1cc(Br)ccc1F. The number of ether oxygens (including phenoxy) is 1. The van der Waals surface area contributed by atoms with Gasteiger partial charge >= 0.3 is 0 Å². The van der Waals surface area contributed by atoms with Gasteiger partial charge in [-0.3, -0.25) is 0 Å². The van der Waals surface area contributed by atoms with E-state index in [2.05, 4.69) is 21.2 Å². The summed E-state index contributed by atoms with van der Waals surface area (Å²) in [5.41, 5.74) is 0.543. The van der Waals surface area contributed by atoms with Gasteiger partial charge in [-0.2, -0.15) is 0 Å². The molecule has 0 spiro atoms. The molecule has 0 saturated heterocycles. The molecule has 0 bridgehead atoms. The first-order chi connectivity index (χ1) is 7.24. The lowest BCUT2D eigenvalue weighted by atomic mass is 10.3. The highest BCUT2D eigenvalue weighted by Crippen LogP contribution is 2.19. The van der Waals surface area contributed by atoms with Crippen LogP contribution in [0.15, 0.2) is 22.7 Å². The summed E-state index contributed by atoms with van der Waals surface area (Å²) in [6, 6.07) is 4.87. The molecule has 84 valence electrons. The van der Waals surface area contributed by atoms with Gasteiger partial charge < -0.3 is 10.1 Å². The molecule has 0 aliphatic heterocycles. The van der Waals surface area contributed by atoms with Gasteiger partial charge in [-0.05, 0) is 31.0 Å². The molecule has 0 atom stereocenters. The molecule has 0 amide bonds. The summed E-state index contributed by atoms with van der Waals surface area (Å²) in [7, 11) is 1.68. The second-order valence-corrected chi connectivity index (χ2v) is 4.17. The fourth-order valence-electron chi connectivity index (χ4n) is 1.23. The van der Waals surface area contributed by atoms with Crippen LogP contribution in [0.3, 0.4) is 0 Å². The zero-order chi connectivity index (χ0) is 11.1. The molecule has 1 aromatic rings. The minimum absolute atomic E-state index is 0.218. The first-order valence-corrected chi connectivity index (χ1v) is 5.71. The van der Waals surface area contributed by atoms with Gasteiger partial charge in [0.1, 0.15) is 5.82 Å². The summed E-state index contributed by atoms with van der Waals surface area (Å²) in [5.74, 6) is -0.218. The van der Waals surface area contributed by atoms with Crippen molar-refractivity contribution >= 4 is 21.6 Å². The van der Waals surface area contributed by atoms with Crippen LogP contribution in [0, 0.1) is 5.82 Å². The lowest BCUT2D eigenvalue weighted by Gasteiger charge is -2.07. The maximum absolute atomic E-state index is 13.2. The van der Waals surface area contributed by atoms with Crippen LogP contribution >= 0.6 is 15.9 Å². The number of hydrogen-bond donors (Lipinski definition) is 1. The van der Waals surface area contributed by atoms with Crippen molar-refractivity contribution < 1.29 is 9.13 Å². The van der Waals surface area contributed by atoms with Gasteiger partial charge in [-0.25, -0.2) is 4.39 Å². The lowest BCUT2D eigenvalue weighted by Crippen LogP contribution is -2.04. The topological polar surface area (TPSA) is 21.3 Å². The van der Waals surface area contributed by atoms with Crippen LogP contribution in [-0.2, 0) is 4.74 Å². The van der Waals surface area contributed by atoms with Crippen LogP contribution in [0.4, 0.5) is 10.1 Å². The van der Waals surface area contributed by atoms with Gasteiger partial charge in [0.2, 0.25) is 0 Å². The Hall–Kier alpha value is -0.610. The second kappa shape index (κ2) is 6.80. The predicted molar refractivity (Wildman–Crippen MR) is 63.7 cm³/mol. The molecule has 1 N–H and O–H groups in total. The standard InChI is InChI=1S/C11H15BrFNO/c1-15-7-3-2-6-14-11-8-9(12)4-5-10(11)13/h4-5,8,14H,2-3,6-7H2,1H3. The number of benzene rings is 1. The number of unbranched alkanes of at least 4 members (excludes halogenated alkanes) is 1. The molecule has 0 fully saturated rings. The van der Waals surface area contributed by atoms with E-state index in [1.807, 2.05) is 0 Å². The van der Waals surface area contributed by atoms with E-state index < -0.39 is 0 Å². The van der Waals surface area contributed by atoms with E-state index in [4.69, 9.17) is 4.74 Å². The van der Waals surface area contributed by atoms with Gasteiger partial charge in [0, 0.05) is 24.7 Å². The van der Waals surface area contributed by atoms with Crippen LogP contribution in [0.5, 0.6) is 0 Å². The predicted octanol–water partition coefficient (Wildman–Crippen LogP) is 3.43. The van der Waals surface area contributed by atoms with Crippen LogP contribution in [0.25, 0.3) is 0 Å². The normalized spacial score (nSPS) is 10.3. The summed E-state index contributed by atoms with van der Waals surface area (Å²) in [6.07, 6.45) is 1.96. The average Bonchev–Trinajstić information content (AvgIpc) is 2.23. The summed E-state index contributed by atoms with van der Waals surface area (Å²) in [6.45, 7) is 1.51. The van der Waals surface area contributed by atoms with Crippen LogP contribution in [0.2, 0.25) is 0 Å². The average molecular weight is 276 g/mol. The van der Waals surface area contributed by atoms with E-state index in [0.717, 1.165) is 30.5 Å². The van der Waals surface area contributed by atoms with E-state index in [1.165, 1.54) is 6.07 Å². The lowest BCUT2D eigenvalue weighted by molar-refractivity contribution is 0.194. The van der Waals surface area contributed by atoms with Crippen molar-refractivity contribution in [3.8, 4) is 0 Å². The Kier molecular flexibility index (Phi) is 5.65. The van der Waals surface area contributed by atoms with Crippen molar-refractivity contribution in [2.24, 2.45) is 0 Å². The molecule has 1 aromatic carbocycles. The van der Waals surface area contributed by atoms with E-state index in [-0.39, 0.29) is 5.82 Å². The van der Waals surface area contributed by atoms with Crippen molar-refractivity contribution in [2.75, 3.05) is 25.6 Å². The Balaban J connectivity index is 2.33. The zero-order valence-corrected chi connectivity index (χ0v) is 10.3. The fourth-order valence-corrected chi connectivity index (χ4v) is 1.59. The van der Waals surface area contributed by atoms with Crippen LogP contribution in [-0.4, -0.2) is 20.3 Å². The van der Waals surface area contributed by atoms with Gasteiger partial charge in [-0.1, -0.05) is 15.9 Å². The summed E-state index contributed by atoms with van der Waals surface area (Å²) in [4.78, 5) is 0. The monoisotopic (exact) mass is 275 g/mol. The number of anilines is 1. The third kappa shape index (κ3) is 4.62. The number of nitrogens with one attached hydrogen (secondary N) is 1. The highest BCUT2D eigenvalue weighted by atomic mass is 79.9. The van der Waals surface area contributed by atoms with E-state index in [1.54, 1.807) is 19.2 Å². The van der Waals surface area contributed by atoms with Crippen molar-refractivity contribution in [3.05, 3.63) is 28.5 Å². The number of halogens is 2. The highest BCUT2D eigenvalue weighted by molar-refractivity contribution is 9.10. The Morgan fingerprint density at radius 1 is 1.40 bits per heavy atom. The number of rotatable bonds is 6.